The Balaban J connectivity index is 1.49. The molecule has 0 bridgehead atoms. The molecule has 0 saturated heterocycles. The summed E-state index contributed by atoms with van der Waals surface area (Å²) in [6.45, 7) is 5.60. The molecule has 4 rings (SSSR count). The van der Waals surface area contributed by atoms with E-state index in [-0.39, 0.29) is 18.2 Å². The second-order valence-corrected chi connectivity index (χ2v) is 7.30. The number of para-hydroxylation sites is 1. The molecule has 2 aromatic carbocycles. The Labute approximate surface area is 179 Å². The Morgan fingerprint density at radius 3 is 2.48 bits per heavy atom. The topological polar surface area (TPSA) is 101 Å². The van der Waals surface area contributed by atoms with Crippen molar-refractivity contribution >= 4 is 29.0 Å². The van der Waals surface area contributed by atoms with Crippen LogP contribution in [0.25, 0.3) is 5.78 Å². The molecule has 0 spiro atoms. The number of aromatic nitrogens is 4. The van der Waals surface area contributed by atoms with Crippen LogP contribution < -0.4 is 10.6 Å². The van der Waals surface area contributed by atoms with Gasteiger partial charge in [-0.1, -0.05) is 24.3 Å². The molecule has 0 atom stereocenters. The van der Waals surface area contributed by atoms with E-state index in [1.54, 1.807) is 29.6 Å². The molecule has 8 nitrogen and oxygen atoms in total. The number of rotatable bonds is 5. The third kappa shape index (κ3) is 4.42. The van der Waals surface area contributed by atoms with Gasteiger partial charge in [-0.05, 0) is 56.7 Å². The van der Waals surface area contributed by atoms with Gasteiger partial charge in [0.2, 0.25) is 5.91 Å². The smallest absolute Gasteiger partial charge is 0.256 e. The highest BCUT2D eigenvalue weighted by atomic mass is 16.2. The third-order valence-corrected chi connectivity index (χ3v) is 4.86. The first-order valence-electron chi connectivity index (χ1n) is 9.86. The molecule has 2 amide bonds. The van der Waals surface area contributed by atoms with Crippen LogP contribution in [0.3, 0.4) is 0 Å². The molecule has 0 radical (unpaired) electrons. The van der Waals surface area contributed by atoms with Gasteiger partial charge in [-0.15, -0.1) is 5.10 Å². The molecule has 2 N–H and O–H groups in total. The van der Waals surface area contributed by atoms with Crippen molar-refractivity contribution in [2.24, 2.45) is 0 Å². The van der Waals surface area contributed by atoms with Crippen molar-refractivity contribution in [3.8, 4) is 0 Å². The van der Waals surface area contributed by atoms with E-state index in [2.05, 4.69) is 25.7 Å². The maximum absolute atomic E-state index is 12.7. The summed E-state index contributed by atoms with van der Waals surface area (Å²) >= 11 is 0. The van der Waals surface area contributed by atoms with Crippen LogP contribution >= 0.6 is 0 Å². The summed E-state index contributed by atoms with van der Waals surface area (Å²) in [6, 6.07) is 16.4. The van der Waals surface area contributed by atoms with Crippen molar-refractivity contribution < 1.29 is 9.59 Å². The van der Waals surface area contributed by atoms with Crippen molar-refractivity contribution in [1.82, 2.24) is 19.6 Å². The fourth-order valence-corrected chi connectivity index (χ4v) is 3.36. The minimum absolute atomic E-state index is 0.00171. The highest BCUT2D eigenvalue weighted by Crippen LogP contribution is 2.20. The van der Waals surface area contributed by atoms with Crippen LogP contribution in [0.1, 0.15) is 33.1 Å². The van der Waals surface area contributed by atoms with Crippen LogP contribution in [-0.4, -0.2) is 31.4 Å². The van der Waals surface area contributed by atoms with E-state index >= 15 is 0 Å². The van der Waals surface area contributed by atoms with Gasteiger partial charge in [0.05, 0.1) is 6.42 Å². The lowest BCUT2D eigenvalue weighted by Gasteiger charge is -2.12. The van der Waals surface area contributed by atoms with Crippen LogP contribution in [0.4, 0.5) is 11.4 Å². The maximum Gasteiger partial charge on any atom is 0.256 e. The second kappa shape index (κ2) is 8.35. The lowest BCUT2D eigenvalue weighted by atomic mass is 10.1. The number of hydrogen-bond donors (Lipinski definition) is 2. The van der Waals surface area contributed by atoms with E-state index < -0.39 is 0 Å². The van der Waals surface area contributed by atoms with Crippen molar-refractivity contribution in [2.75, 3.05) is 10.6 Å². The molecule has 2 heterocycles. The van der Waals surface area contributed by atoms with Crippen LogP contribution in [0.15, 0.2) is 54.6 Å². The molecule has 8 heteroatoms. The number of fused-ring (bicyclic) bond motifs is 1. The molecular formula is C23H22N6O2. The summed E-state index contributed by atoms with van der Waals surface area (Å²) in [5, 5.41) is 10.1. The lowest BCUT2D eigenvalue weighted by Crippen LogP contribution is -2.18. The molecule has 0 aliphatic heterocycles. The summed E-state index contributed by atoms with van der Waals surface area (Å²) in [5.74, 6) is 0.345. The van der Waals surface area contributed by atoms with E-state index in [9.17, 15) is 9.59 Å². The molecular weight excluding hydrogens is 392 g/mol. The average Bonchev–Trinajstić information content (AvgIpc) is 3.12. The zero-order valence-electron chi connectivity index (χ0n) is 17.5. The number of amides is 2. The number of nitrogens with zero attached hydrogens (tertiary/aromatic N) is 4. The third-order valence-electron chi connectivity index (χ3n) is 4.86. The molecule has 0 unspecified atom stereocenters. The number of carbonyl (C=O) groups excluding carboxylic acids is 2. The fraction of sp³-hybridized carbons (Fsp3) is 0.174. The minimum Gasteiger partial charge on any atom is -0.325 e. The van der Waals surface area contributed by atoms with E-state index in [1.165, 1.54) is 0 Å². The Bertz CT molecular complexity index is 1280. The van der Waals surface area contributed by atoms with Gasteiger partial charge >= 0.3 is 0 Å². The monoisotopic (exact) mass is 414 g/mol. The summed E-state index contributed by atoms with van der Waals surface area (Å²) in [5.41, 5.74) is 4.19. The fourth-order valence-electron chi connectivity index (χ4n) is 3.36. The molecule has 0 fully saturated rings. The van der Waals surface area contributed by atoms with Gasteiger partial charge in [-0.2, -0.15) is 4.98 Å². The van der Waals surface area contributed by atoms with Gasteiger partial charge in [0.25, 0.3) is 11.7 Å². The summed E-state index contributed by atoms with van der Waals surface area (Å²) in [6.07, 6.45) is 0.00171. The predicted octanol–water partition coefficient (Wildman–Crippen LogP) is 3.48. The first kappa shape index (κ1) is 20.2. The zero-order valence-corrected chi connectivity index (χ0v) is 17.5. The Morgan fingerprint density at radius 2 is 1.71 bits per heavy atom. The second-order valence-electron chi connectivity index (χ2n) is 7.30. The van der Waals surface area contributed by atoms with Crippen molar-refractivity contribution in [3.63, 3.8) is 0 Å². The number of benzene rings is 2. The average molecular weight is 414 g/mol. The predicted molar refractivity (Wildman–Crippen MR) is 118 cm³/mol. The number of nitrogens with one attached hydrogen (secondary N) is 2. The van der Waals surface area contributed by atoms with Crippen molar-refractivity contribution in [3.05, 3.63) is 82.9 Å². The van der Waals surface area contributed by atoms with E-state index in [1.807, 2.05) is 50.2 Å². The Morgan fingerprint density at radius 1 is 0.935 bits per heavy atom. The van der Waals surface area contributed by atoms with Crippen LogP contribution in [-0.2, 0) is 11.2 Å². The first-order valence-corrected chi connectivity index (χ1v) is 9.86. The van der Waals surface area contributed by atoms with Gasteiger partial charge in [0, 0.05) is 28.3 Å². The minimum atomic E-state index is -0.269. The van der Waals surface area contributed by atoms with Gasteiger partial charge in [-0.25, -0.2) is 9.50 Å². The Kier molecular flexibility index (Phi) is 5.44. The molecule has 0 aliphatic carbocycles. The van der Waals surface area contributed by atoms with Crippen molar-refractivity contribution in [1.29, 1.82) is 0 Å². The van der Waals surface area contributed by atoms with Crippen molar-refractivity contribution in [2.45, 2.75) is 27.2 Å². The number of aryl methyl sites for hydroxylation is 2. The van der Waals surface area contributed by atoms with E-state index in [0.717, 1.165) is 11.4 Å². The van der Waals surface area contributed by atoms with Crippen LogP contribution in [0, 0.1) is 20.8 Å². The zero-order chi connectivity index (χ0) is 22.0. The largest absolute Gasteiger partial charge is 0.325 e. The summed E-state index contributed by atoms with van der Waals surface area (Å²) in [4.78, 5) is 34.0. The summed E-state index contributed by atoms with van der Waals surface area (Å²) < 4.78 is 1.62. The molecule has 4 aromatic rings. The van der Waals surface area contributed by atoms with Crippen LogP contribution in [0.5, 0.6) is 0 Å². The quantitative estimate of drug-likeness (QED) is 0.521. The maximum atomic E-state index is 12.7. The standard InChI is InChI=1S/C23H22N6O2/c1-14-12-15(2)29-23(24-14)27-20(28-29)13-21(30)26-19-11-7-10-18(16(19)3)22(31)25-17-8-5-4-6-9-17/h4-12H,13H2,1-3H3,(H,25,31)(H,26,30). The molecule has 2 aromatic heterocycles. The molecule has 0 saturated carbocycles. The van der Waals surface area contributed by atoms with Gasteiger partial charge in [0.1, 0.15) is 0 Å². The SMILES string of the molecule is Cc1cc(C)n2nc(CC(=O)Nc3cccc(C(=O)Nc4ccccc4)c3C)nc2n1. The van der Waals surface area contributed by atoms with E-state index in [4.69, 9.17) is 0 Å². The normalized spacial score (nSPS) is 10.8. The number of carbonyl (C=O) groups is 2. The van der Waals surface area contributed by atoms with Crippen LogP contribution in [0.2, 0.25) is 0 Å². The molecule has 31 heavy (non-hydrogen) atoms. The van der Waals surface area contributed by atoms with Gasteiger partial charge in [0.15, 0.2) is 5.82 Å². The van der Waals surface area contributed by atoms with E-state index in [0.29, 0.717) is 34.1 Å². The number of hydrogen-bond acceptors (Lipinski definition) is 5. The molecule has 156 valence electrons. The summed E-state index contributed by atoms with van der Waals surface area (Å²) in [7, 11) is 0. The van der Waals surface area contributed by atoms with Gasteiger partial charge in [-0.3, -0.25) is 9.59 Å². The highest BCUT2D eigenvalue weighted by Gasteiger charge is 2.16. The number of anilines is 2. The Hall–Kier alpha value is -4.07. The van der Waals surface area contributed by atoms with Gasteiger partial charge < -0.3 is 10.6 Å². The lowest BCUT2D eigenvalue weighted by molar-refractivity contribution is -0.115. The first-order chi connectivity index (χ1) is 14.9. The highest BCUT2D eigenvalue weighted by molar-refractivity contribution is 6.06. The molecule has 0 aliphatic rings.